The first kappa shape index (κ1) is 18.6. The lowest BCUT2D eigenvalue weighted by Crippen LogP contribution is -2.25. The van der Waals surface area contributed by atoms with Gasteiger partial charge in [-0.05, 0) is 36.4 Å². The van der Waals surface area contributed by atoms with E-state index in [0.29, 0.717) is 6.04 Å². The van der Waals surface area contributed by atoms with Gasteiger partial charge in [0.2, 0.25) is 0 Å². The first-order valence-electron chi connectivity index (χ1n) is 8.35. The lowest BCUT2D eigenvalue weighted by Gasteiger charge is -2.14. The van der Waals surface area contributed by atoms with Crippen molar-refractivity contribution in [2.75, 3.05) is 0 Å². The Balaban J connectivity index is 0.00000242. The molecule has 0 amide bonds. The number of hydrogen-bond donors (Lipinski definition) is 1. The molecule has 2 heteroatoms. The topological polar surface area (TPSA) is 24.9 Å². The predicted molar refractivity (Wildman–Crippen MR) is 98.2 cm³/mol. The molecule has 0 aliphatic carbocycles. The number of unbranched alkanes of at least 4 members (excludes halogenated alkanes) is 4. The Bertz CT molecular complexity index is 536. The van der Waals surface area contributed by atoms with Gasteiger partial charge in [0.15, 0.2) is 0 Å². The summed E-state index contributed by atoms with van der Waals surface area (Å²) in [5, 5.41) is 6.13. The van der Waals surface area contributed by atoms with Crippen LogP contribution in [0, 0.1) is 0 Å². The molecule has 2 nitrogen and oxygen atoms in total. The molecule has 2 rings (SSSR count). The largest absolute Gasteiger partial charge is 0.310 e. The van der Waals surface area contributed by atoms with Gasteiger partial charge in [0.25, 0.3) is 0 Å². The van der Waals surface area contributed by atoms with Gasteiger partial charge in [-0.25, -0.2) is 0 Å². The van der Waals surface area contributed by atoms with Gasteiger partial charge in [-0.1, -0.05) is 58.6 Å². The number of rotatable bonds is 9. The molecule has 122 valence electrons. The maximum atomic E-state index is 4.16. The smallest absolute Gasteiger partial charge is 0.0346 e. The summed E-state index contributed by atoms with van der Waals surface area (Å²) in [6.45, 7) is 5.52. The van der Waals surface area contributed by atoms with Gasteiger partial charge in [-0.3, -0.25) is 4.98 Å². The maximum absolute atomic E-state index is 4.16. The molecule has 1 aromatic heterocycles. The molecule has 0 spiro atoms. The molecular weight excluding hydrogens is 268 g/mol. The number of nitrogens with zero attached hydrogens (tertiary/aromatic N) is 1. The highest BCUT2D eigenvalue weighted by atomic mass is 14.9. The van der Waals surface area contributed by atoms with Gasteiger partial charge in [-0.2, -0.15) is 0 Å². The summed E-state index contributed by atoms with van der Waals surface area (Å²) >= 11 is 0. The van der Waals surface area contributed by atoms with E-state index >= 15 is 0 Å². The molecular formula is C20H32N2. The first-order valence-corrected chi connectivity index (χ1v) is 8.35. The number of benzene rings is 1. The van der Waals surface area contributed by atoms with Crippen LogP contribution in [0.3, 0.4) is 0 Å². The van der Waals surface area contributed by atoms with Gasteiger partial charge in [0.1, 0.15) is 0 Å². The van der Waals surface area contributed by atoms with Crippen LogP contribution in [0.2, 0.25) is 0 Å². The number of aromatic nitrogens is 1. The van der Waals surface area contributed by atoms with Crippen LogP contribution in [0.1, 0.15) is 65.4 Å². The Labute approximate surface area is 136 Å². The molecule has 2 aromatic rings. The fourth-order valence-corrected chi connectivity index (χ4v) is 2.69. The van der Waals surface area contributed by atoms with Crippen molar-refractivity contribution in [2.45, 2.75) is 72.4 Å². The quantitative estimate of drug-likeness (QED) is 0.600. The molecule has 1 aromatic carbocycles. The third-order valence-electron chi connectivity index (χ3n) is 4.10. The lowest BCUT2D eigenvalue weighted by molar-refractivity contribution is 0.480. The summed E-state index contributed by atoms with van der Waals surface area (Å²) in [4.78, 5) is 4.16. The zero-order valence-corrected chi connectivity index (χ0v) is 13.4. The Morgan fingerprint density at radius 3 is 2.68 bits per heavy atom. The average Bonchev–Trinajstić information content (AvgIpc) is 2.52. The molecule has 0 radical (unpaired) electrons. The third-order valence-corrected chi connectivity index (χ3v) is 4.10. The highest BCUT2D eigenvalue weighted by Gasteiger charge is 2.02. The summed E-state index contributed by atoms with van der Waals surface area (Å²) in [7, 11) is 0. The van der Waals surface area contributed by atoms with Crippen LogP contribution in [0.25, 0.3) is 10.8 Å². The van der Waals surface area contributed by atoms with Crippen LogP contribution >= 0.6 is 0 Å². The van der Waals surface area contributed by atoms with Crippen molar-refractivity contribution in [3.63, 3.8) is 0 Å². The summed E-state index contributed by atoms with van der Waals surface area (Å²) in [6.07, 6.45) is 11.9. The SMILES string of the molecule is C.CCCCCCC[C@@H](C)NCc1ccc2cnccc2c1. The highest BCUT2D eigenvalue weighted by Crippen LogP contribution is 2.15. The Morgan fingerprint density at radius 2 is 1.86 bits per heavy atom. The second-order valence-electron chi connectivity index (χ2n) is 6.04. The van der Waals surface area contributed by atoms with Gasteiger partial charge in [-0.15, -0.1) is 0 Å². The van der Waals surface area contributed by atoms with Crippen LogP contribution in [-0.4, -0.2) is 11.0 Å². The van der Waals surface area contributed by atoms with E-state index in [1.807, 2.05) is 12.4 Å². The molecule has 0 bridgehead atoms. The molecule has 0 unspecified atom stereocenters. The third kappa shape index (κ3) is 6.15. The Hall–Kier alpha value is -1.41. The molecule has 1 heterocycles. The minimum Gasteiger partial charge on any atom is -0.310 e. The van der Waals surface area contributed by atoms with Crippen molar-refractivity contribution < 1.29 is 0 Å². The van der Waals surface area contributed by atoms with Gasteiger partial charge in [0.05, 0.1) is 0 Å². The standard InChI is InChI=1S/C19H28N2.CH4/c1-3-4-5-6-7-8-16(2)21-14-17-9-10-19-15-20-12-11-18(19)13-17;/h9-13,15-16,21H,3-8,14H2,1-2H3;1H4/t16-;/m1./s1. The van der Waals surface area contributed by atoms with E-state index in [4.69, 9.17) is 0 Å². The van der Waals surface area contributed by atoms with E-state index < -0.39 is 0 Å². The van der Waals surface area contributed by atoms with Crippen molar-refractivity contribution in [3.05, 3.63) is 42.2 Å². The van der Waals surface area contributed by atoms with E-state index in [1.54, 1.807) is 0 Å². The Kier molecular flexibility index (Phi) is 8.76. The molecule has 0 saturated carbocycles. The number of fused-ring (bicyclic) bond motifs is 1. The van der Waals surface area contributed by atoms with E-state index in [0.717, 1.165) is 6.54 Å². The minimum absolute atomic E-state index is 0. The summed E-state index contributed by atoms with van der Waals surface area (Å²) in [6, 6.07) is 9.30. The van der Waals surface area contributed by atoms with Gasteiger partial charge >= 0.3 is 0 Å². The Morgan fingerprint density at radius 1 is 1.05 bits per heavy atom. The number of hydrogen-bond acceptors (Lipinski definition) is 2. The van der Waals surface area contributed by atoms with E-state index in [2.05, 4.69) is 48.4 Å². The van der Waals surface area contributed by atoms with Gasteiger partial charge < -0.3 is 5.32 Å². The maximum Gasteiger partial charge on any atom is 0.0346 e. The zero-order chi connectivity index (χ0) is 14.9. The van der Waals surface area contributed by atoms with Crippen molar-refractivity contribution in [3.8, 4) is 0 Å². The lowest BCUT2D eigenvalue weighted by atomic mass is 10.1. The van der Waals surface area contributed by atoms with E-state index in [1.165, 1.54) is 54.9 Å². The molecule has 22 heavy (non-hydrogen) atoms. The number of nitrogens with one attached hydrogen (secondary N) is 1. The second kappa shape index (κ2) is 10.3. The molecule has 0 fully saturated rings. The molecule has 1 N–H and O–H groups in total. The second-order valence-corrected chi connectivity index (χ2v) is 6.04. The molecule has 0 aliphatic heterocycles. The minimum atomic E-state index is 0. The predicted octanol–water partition coefficient (Wildman–Crippen LogP) is 5.71. The van der Waals surface area contributed by atoms with Crippen LogP contribution in [-0.2, 0) is 6.54 Å². The van der Waals surface area contributed by atoms with Gasteiger partial charge in [0, 0.05) is 30.4 Å². The summed E-state index contributed by atoms with van der Waals surface area (Å²) in [5.41, 5.74) is 1.35. The fraction of sp³-hybridized carbons (Fsp3) is 0.550. The van der Waals surface area contributed by atoms with Crippen LogP contribution < -0.4 is 5.32 Å². The molecule has 0 saturated heterocycles. The van der Waals surface area contributed by atoms with E-state index in [-0.39, 0.29) is 7.43 Å². The van der Waals surface area contributed by atoms with Crippen molar-refractivity contribution >= 4 is 10.8 Å². The summed E-state index contributed by atoms with van der Waals surface area (Å²) in [5.74, 6) is 0. The van der Waals surface area contributed by atoms with Crippen LogP contribution in [0.15, 0.2) is 36.7 Å². The van der Waals surface area contributed by atoms with Crippen molar-refractivity contribution in [2.24, 2.45) is 0 Å². The zero-order valence-electron chi connectivity index (χ0n) is 13.4. The fourth-order valence-electron chi connectivity index (χ4n) is 2.69. The monoisotopic (exact) mass is 300 g/mol. The van der Waals surface area contributed by atoms with Crippen molar-refractivity contribution in [1.29, 1.82) is 0 Å². The first-order chi connectivity index (χ1) is 10.3. The highest BCUT2D eigenvalue weighted by molar-refractivity contribution is 5.81. The van der Waals surface area contributed by atoms with Crippen LogP contribution in [0.5, 0.6) is 0 Å². The number of pyridine rings is 1. The van der Waals surface area contributed by atoms with E-state index in [9.17, 15) is 0 Å². The average molecular weight is 300 g/mol. The molecule has 1 atom stereocenters. The normalized spacial score (nSPS) is 12.1. The molecule has 0 aliphatic rings. The summed E-state index contributed by atoms with van der Waals surface area (Å²) < 4.78 is 0. The van der Waals surface area contributed by atoms with Crippen LogP contribution in [0.4, 0.5) is 0 Å². The van der Waals surface area contributed by atoms with Crippen molar-refractivity contribution in [1.82, 2.24) is 10.3 Å².